The molecular formula is C20H17N3O5. The lowest BCUT2D eigenvalue weighted by molar-refractivity contribution is -0.128. The fourth-order valence-corrected chi connectivity index (χ4v) is 2.65. The van der Waals surface area contributed by atoms with Crippen LogP contribution in [0.3, 0.4) is 0 Å². The van der Waals surface area contributed by atoms with Crippen LogP contribution in [-0.2, 0) is 9.59 Å². The molecule has 8 heteroatoms. The number of anilines is 1. The van der Waals surface area contributed by atoms with Gasteiger partial charge < -0.3 is 14.8 Å². The molecule has 1 aromatic heterocycles. The van der Waals surface area contributed by atoms with Crippen LogP contribution in [0.1, 0.15) is 23.2 Å². The molecule has 1 unspecified atom stereocenters. The maximum absolute atomic E-state index is 12.4. The van der Waals surface area contributed by atoms with Crippen molar-refractivity contribution in [3.05, 3.63) is 48.2 Å². The lowest BCUT2D eigenvalue weighted by atomic mass is 9.97. The number of ether oxygens (including phenoxy) is 2. The molecule has 1 amide bonds. The monoisotopic (exact) mass is 379 g/mol. The van der Waals surface area contributed by atoms with Gasteiger partial charge in [0.15, 0.2) is 29.0 Å². The summed E-state index contributed by atoms with van der Waals surface area (Å²) in [5.41, 5.74) is 0.378. The first-order valence-corrected chi connectivity index (χ1v) is 8.65. The molecule has 2 heterocycles. The van der Waals surface area contributed by atoms with Gasteiger partial charge in [0.1, 0.15) is 19.0 Å². The fourth-order valence-electron chi connectivity index (χ4n) is 2.65. The molecule has 2 aromatic rings. The van der Waals surface area contributed by atoms with E-state index in [1.54, 1.807) is 42.5 Å². The van der Waals surface area contributed by atoms with Gasteiger partial charge in [-0.2, -0.15) is 5.26 Å². The van der Waals surface area contributed by atoms with Gasteiger partial charge in [0.25, 0.3) is 5.91 Å². The van der Waals surface area contributed by atoms with Crippen LogP contribution in [0.4, 0.5) is 5.82 Å². The molecular weight excluding hydrogens is 362 g/mol. The third kappa shape index (κ3) is 4.51. The van der Waals surface area contributed by atoms with E-state index in [9.17, 15) is 19.6 Å². The molecule has 1 aliphatic heterocycles. The third-order valence-corrected chi connectivity index (χ3v) is 4.09. The number of amides is 1. The normalized spacial score (nSPS) is 13.1. The Morgan fingerprint density at radius 1 is 1.11 bits per heavy atom. The Bertz CT molecular complexity index is 937. The van der Waals surface area contributed by atoms with Crippen LogP contribution in [0.15, 0.2) is 42.6 Å². The quantitative estimate of drug-likeness (QED) is 0.578. The Morgan fingerprint density at radius 3 is 2.61 bits per heavy atom. The SMILES string of the molecule is N#CC(C(=O)CCC(=O)c1ccc2c(c1)OCCO2)C(=O)Nc1ccccn1. The molecule has 142 valence electrons. The van der Waals surface area contributed by atoms with Crippen LogP contribution >= 0.6 is 0 Å². The number of fused-ring (bicyclic) bond motifs is 1. The first kappa shape index (κ1) is 19.0. The van der Waals surface area contributed by atoms with Gasteiger partial charge in [-0.3, -0.25) is 14.4 Å². The number of Topliss-reactive ketones (excluding diaryl/α,β-unsaturated/α-hetero) is 2. The van der Waals surface area contributed by atoms with E-state index in [1.165, 1.54) is 6.20 Å². The highest BCUT2D eigenvalue weighted by Crippen LogP contribution is 2.31. The first-order valence-electron chi connectivity index (χ1n) is 8.65. The Morgan fingerprint density at radius 2 is 1.89 bits per heavy atom. The number of ketones is 2. The number of aromatic nitrogens is 1. The van der Waals surface area contributed by atoms with Gasteiger partial charge in [-0.1, -0.05) is 6.07 Å². The second-order valence-corrected chi connectivity index (χ2v) is 6.01. The number of carbonyl (C=O) groups excluding carboxylic acids is 3. The summed E-state index contributed by atoms with van der Waals surface area (Å²) in [6.45, 7) is 0.850. The zero-order valence-electron chi connectivity index (χ0n) is 14.9. The summed E-state index contributed by atoms with van der Waals surface area (Å²) in [5.74, 6) is -1.89. The van der Waals surface area contributed by atoms with E-state index in [2.05, 4.69) is 10.3 Å². The Balaban J connectivity index is 1.58. The highest BCUT2D eigenvalue weighted by atomic mass is 16.6. The first-order chi connectivity index (χ1) is 13.6. The van der Waals surface area contributed by atoms with Gasteiger partial charge in [0.2, 0.25) is 0 Å². The predicted octanol–water partition coefficient (Wildman–Crippen LogP) is 2.16. The Hall–Kier alpha value is -3.73. The van der Waals surface area contributed by atoms with Crippen LogP contribution in [0.2, 0.25) is 0 Å². The number of carbonyl (C=O) groups is 3. The maximum atomic E-state index is 12.4. The van der Waals surface area contributed by atoms with Crippen molar-refractivity contribution in [2.24, 2.45) is 5.92 Å². The van der Waals surface area contributed by atoms with Crippen LogP contribution in [0, 0.1) is 17.2 Å². The zero-order chi connectivity index (χ0) is 19.9. The average Bonchev–Trinajstić information content (AvgIpc) is 2.73. The van der Waals surface area contributed by atoms with Gasteiger partial charge >= 0.3 is 0 Å². The van der Waals surface area contributed by atoms with E-state index < -0.39 is 17.6 Å². The molecule has 0 spiro atoms. The topological polar surface area (TPSA) is 118 Å². The molecule has 0 bridgehead atoms. The van der Waals surface area contributed by atoms with E-state index in [0.717, 1.165) is 0 Å². The third-order valence-electron chi connectivity index (χ3n) is 4.09. The van der Waals surface area contributed by atoms with Crippen molar-refractivity contribution in [1.29, 1.82) is 5.26 Å². The molecule has 1 atom stereocenters. The second kappa shape index (κ2) is 8.77. The van der Waals surface area contributed by atoms with Gasteiger partial charge in [0, 0.05) is 24.6 Å². The van der Waals surface area contributed by atoms with E-state index >= 15 is 0 Å². The summed E-state index contributed by atoms with van der Waals surface area (Å²) in [5, 5.41) is 11.6. The van der Waals surface area contributed by atoms with Gasteiger partial charge in [0.05, 0.1) is 6.07 Å². The van der Waals surface area contributed by atoms with Crippen molar-refractivity contribution in [2.45, 2.75) is 12.8 Å². The summed E-state index contributed by atoms with van der Waals surface area (Å²) >= 11 is 0. The van der Waals surface area contributed by atoms with E-state index in [0.29, 0.717) is 30.3 Å². The molecule has 0 saturated heterocycles. The van der Waals surface area contributed by atoms with Crippen LogP contribution < -0.4 is 14.8 Å². The molecule has 1 aliphatic rings. The summed E-state index contributed by atoms with van der Waals surface area (Å²) in [6, 6.07) is 11.4. The van der Waals surface area contributed by atoms with Crippen molar-refractivity contribution in [3.63, 3.8) is 0 Å². The van der Waals surface area contributed by atoms with Gasteiger partial charge in [-0.15, -0.1) is 0 Å². The highest BCUT2D eigenvalue weighted by Gasteiger charge is 2.27. The van der Waals surface area contributed by atoms with Crippen LogP contribution in [-0.4, -0.2) is 35.7 Å². The summed E-state index contributed by atoms with van der Waals surface area (Å²) in [7, 11) is 0. The van der Waals surface area contributed by atoms with Gasteiger partial charge in [-0.05, 0) is 30.3 Å². The number of nitrogens with zero attached hydrogens (tertiary/aromatic N) is 2. The largest absolute Gasteiger partial charge is 0.486 e. The van der Waals surface area contributed by atoms with Crippen molar-refractivity contribution in [1.82, 2.24) is 4.98 Å². The van der Waals surface area contributed by atoms with Crippen molar-refractivity contribution < 1.29 is 23.9 Å². The fraction of sp³-hybridized carbons (Fsp3) is 0.250. The number of pyridine rings is 1. The average molecular weight is 379 g/mol. The van der Waals surface area contributed by atoms with Crippen molar-refractivity contribution in [2.75, 3.05) is 18.5 Å². The predicted molar refractivity (Wildman–Crippen MR) is 98.0 cm³/mol. The number of nitriles is 1. The maximum Gasteiger partial charge on any atom is 0.250 e. The molecule has 1 aromatic carbocycles. The van der Waals surface area contributed by atoms with E-state index in [1.807, 2.05) is 0 Å². The zero-order valence-corrected chi connectivity index (χ0v) is 14.9. The Labute approximate surface area is 161 Å². The Kier molecular flexibility index (Phi) is 5.97. The highest BCUT2D eigenvalue weighted by molar-refractivity contribution is 6.10. The molecule has 28 heavy (non-hydrogen) atoms. The summed E-state index contributed by atoms with van der Waals surface area (Å²) in [6.07, 6.45) is 1.14. The standard InChI is InChI=1S/C20H17N3O5/c21-12-14(20(26)23-19-3-1-2-8-22-19)16(25)6-5-15(24)13-4-7-17-18(11-13)28-10-9-27-17/h1-4,7-8,11,14H,5-6,9-10H2,(H,22,23,26). The minimum Gasteiger partial charge on any atom is -0.486 e. The lowest BCUT2D eigenvalue weighted by Crippen LogP contribution is -2.29. The number of nitrogens with one attached hydrogen (secondary N) is 1. The summed E-state index contributed by atoms with van der Waals surface area (Å²) < 4.78 is 10.8. The van der Waals surface area contributed by atoms with Crippen molar-refractivity contribution in [3.8, 4) is 17.6 Å². The molecule has 0 saturated carbocycles. The molecule has 1 N–H and O–H groups in total. The number of hydrogen-bond donors (Lipinski definition) is 1. The minimum absolute atomic E-state index is 0.118. The van der Waals surface area contributed by atoms with Crippen LogP contribution in [0.25, 0.3) is 0 Å². The van der Waals surface area contributed by atoms with Crippen molar-refractivity contribution >= 4 is 23.3 Å². The number of hydrogen-bond acceptors (Lipinski definition) is 7. The van der Waals surface area contributed by atoms with Gasteiger partial charge in [-0.25, -0.2) is 4.98 Å². The molecule has 8 nitrogen and oxygen atoms in total. The minimum atomic E-state index is -1.50. The van der Waals surface area contributed by atoms with Crippen LogP contribution in [0.5, 0.6) is 11.5 Å². The lowest BCUT2D eigenvalue weighted by Gasteiger charge is -2.18. The van der Waals surface area contributed by atoms with E-state index in [4.69, 9.17) is 9.47 Å². The number of rotatable bonds is 7. The molecule has 0 aliphatic carbocycles. The number of benzene rings is 1. The molecule has 0 fully saturated rings. The smallest absolute Gasteiger partial charge is 0.250 e. The summed E-state index contributed by atoms with van der Waals surface area (Å²) in [4.78, 5) is 40.7. The van der Waals surface area contributed by atoms with E-state index in [-0.39, 0.29) is 24.4 Å². The second-order valence-electron chi connectivity index (χ2n) is 6.01. The molecule has 0 radical (unpaired) electrons. The molecule has 3 rings (SSSR count).